The third kappa shape index (κ3) is 6.57. The standard InChI is InChI=1S/C27H35N6O8P/c1-4-18(5-2)13-38-26(36)17(3)32-42(37,41-20-9-7-6-8-10-20)39-14-22-23(34)24(35)27(15-28,40-22)19-11-21-25(29)30-16-31-33(21)12-19/h6-12,16-18,22-24,34-35H,4-5,13-14H2,1-3H3,(H,32,37)(H2,29,30,31)/t17-,22+,23+,24+,27-,42?/m0/s1. The Morgan fingerprint density at radius 3 is 2.67 bits per heavy atom. The molecule has 1 aliphatic heterocycles. The Balaban J connectivity index is 1.52. The number of hydrogen-bond donors (Lipinski definition) is 4. The number of hydrogen-bond acceptors (Lipinski definition) is 12. The van der Waals surface area contributed by atoms with Crippen molar-refractivity contribution < 1.29 is 38.1 Å². The summed E-state index contributed by atoms with van der Waals surface area (Å²) >= 11 is 0. The predicted molar refractivity (Wildman–Crippen MR) is 150 cm³/mol. The second-order valence-corrected chi connectivity index (χ2v) is 11.7. The fraction of sp³-hybridized carbons (Fsp3) is 0.481. The Bertz CT molecular complexity index is 1460. The summed E-state index contributed by atoms with van der Waals surface area (Å²) in [7, 11) is -4.31. The van der Waals surface area contributed by atoms with Crippen molar-refractivity contribution >= 4 is 25.1 Å². The molecule has 0 bridgehead atoms. The molecule has 0 aliphatic carbocycles. The van der Waals surface area contributed by atoms with Crippen LogP contribution in [0, 0.1) is 17.2 Å². The summed E-state index contributed by atoms with van der Waals surface area (Å²) in [5.41, 5.74) is 4.40. The summed E-state index contributed by atoms with van der Waals surface area (Å²) in [5, 5.41) is 38.5. The van der Waals surface area contributed by atoms with Crippen molar-refractivity contribution in [1.29, 1.82) is 5.26 Å². The number of carbonyl (C=O) groups is 1. The summed E-state index contributed by atoms with van der Waals surface area (Å²) in [6.45, 7) is 5.09. The van der Waals surface area contributed by atoms with Crippen LogP contribution in [0.1, 0.15) is 39.2 Å². The summed E-state index contributed by atoms with van der Waals surface area (Å²) < 4.78 is 37.8. The van der Waals surface area contributed by atoms with Crippen LogP contribution in [0.2, 0.25) is 0 Å². The maximum absolute atomic E-state index is 13.9. The molecule has 1 aromatic carbocycles. The Labute approximate surface area is 242 Å². The van der Waals surface area contributed by atoms with Gasteiger partial charge in [0, 0.05) is 11.8 Å². The molecule has 3 heterocycles. The predicted octanol–water partition coefficient (Wildman–Crippen LogP) is 2.31. The van der Waals surface area contributed by atoms with Gasteiger partial charge < -0.3 is 29.9 Å². The number of carbonyl (C=O) groups excluding carboxylic acids is 1. The van der Waals surface area contributed by atoms with Crippen molar-refractivity contribution in [3.63, 3.8) is 0 Å². The van der Waals surface area contributed by atoms with Gasteiger partial charge in [-0.15, -0.1) is 0 Å². The zero-order valence-corrected chi connectivity index (χ0v) is 24.4. The number of nitriles is 1. The number of fused-ring (bicyclic) bond motifs is 1. The smallest absolute Gasteiger partial charge is 0.459 e. The van der Waals surface area contributed by atoms with Crippen LogP contribution < -0.4 is 15.3 Å². The van der Waals surface area contributed by atoms with Crippen LogP contribution >= 0.6 is 7.75 Å². The molecule has 4 rings (SSSR count). The molecule has 0 radical (unpaired) electrons. The summed E-state index contributed by atoms with van der Waals surface area (Å²) in [4.78, 5) is 16.6. The number of esters is 1. The van der Waals surface area contributed by atoms with Crippen LogP contribution in [0.4, 0.5) is 5.82 Å². The van der Waals surface area contributed by atoms with Gasteiger partial charge in [0.2, 0.25) is 5.60 Å². The Kier molecular flexibility index (Phi) is 9.83. The molecule has 6 atom stereocenters. The van der Waals surface area contributed by atoms with Crippen molar-refractivity contribution in [2.45, 2.75) is 63.6 Å². The lowest BCUT2D eigenvalue weighted by Gasteiger charge is -2.25. The van der Waals surface area contributed by atoms with Crippen molar-refractivity contribution in [2.24, 2.45) is 5.92 Å². The summed E-state index contributed by atoms with van der Waals surface area (Å²) in [6.07, 6.45) is -0.335. The molecule has 226 valence electrons. The Morgan fingerprint density at radius 1 is 1.31 bits per heavy atom. The van der Waals surface area contributed by atoms with Crippen molar-refractivity contribution in [1.82, 2.24) is 19.7 Å². The minimum Gasteiger partial charge on any atom is -0.464 e. The van der Waals surface area contributed by atoms with Gasteiger partial charge in [-0.3, -0.25) is 9.32 Å². The number of benzene rings is 1. The van der Waals surface area contributed by atoms with Crippen LogP contribution in [0.5, 0.6) is 5.75 Å². The minimum atomic E-state index is -4.31. The average Bonchev–Trinajstić information content (AvgIpc) is 3.53. The summed E-state index contributed by atoms with van der Waals surface area (Å²) in [5.74, 6) is -0.138. The van der Waals surface area contributed by atoms with E-state index in [9.17, 15) is 24.8 Å². The molecule has 14 nitrogen and oxygen atoms in total. The zero-order valence-electron chi connectivity index (χ0n) is 23.5. The lowest BCUT2D eigenvalue weighted by Crippen LogP contribution is -2.40. The van der Waals surface area contributed by atoms with Crippen LogP contribution in [0.15, 0.2) is 48.9 Å². The molecular weight excluding hydrogens is 567 g/mol. The lowest BCUT2D eigenvalue weighted by atomic mass is 9.90. The largest absolute Gasteiger partial charge is 0.464 e. The van der Waals surface area contributed by atoms with E-state index in [1.54, 1.807) is 30.3 Å². The molecular formula is C27H35N6O8P. The van der Waals surface area contributed by atoms with E-state index in [1.807, 2.05) is 19.9 Å². The molecule has 15 heteroatoms. The highest BCUT2D eigenvalue weighted by atomic mass is 31.2. The maximum atomic E-state index is 13.9. The average molecular weight is 603 g/mol. The highest BCUT2D eigenvalue weighted by Crippen LogP contribution is 2.47. The van der Waals surface area contributed by atoms with Gasteiger partial charge >= 0.3 is 13.7 Å². The number of nitrogen functional groups attached to an aromatic ring is 1. The Hall–Kier alpha value is -3.57. The second kappa shape index (κ2) is 13.2. The van der Waals surface area contributed by atoms with E-state index in [2.05, 4.69) is 15.2 Å². The Morgan fingerprint density at radius 2 is 2.02 bits per heavy atom. The number of rotatable bonds is 13. The van der Waals surface area contributed by atoms with E-state index < -0.39 is 50.3 Å². The maximum Gasteiger partial charge on any atom is 0.459 e. The van der Waals surface area contributed by atoms with Gasteiger partial charge in [-0.2, -0.15) is 15.4 Å². The van der Waals surface area contributed by atoms with Crippen molar-refractivity contribution in [3.05, 3.63) is 54.5 Å². The monoisotopic (exact) mass is 602 g/mol. The van der Waals surface area contributed by atoms with Gasteiger partial charge in [-0.1, -0.05) is 44.9 Å². The number of nitrogens with two attached hydrogens (primary N) is 1. The zero-order chi connectivity index (χ0) is 30.5. The number of para-hydroxylation sites is 1. The van der Waals surface area contributed by atoms with Crippen molar-refractivity contribution in [2.75, 3.05) is 18.9 Å². The number of ether oxygens (including phenoxy) is 2. The van der Waals surface area contributed by atoms with Gasteiger partial charge in [0.15, 0.2) is 5.82 Å². The van der Waals surface area contributed by atoms with Crippen LogP contribution in [-0.4, -0.2) is 68.3 Å². The van der Waals surface area contributed by atoms with Crippen LogP contribution in [-0.2, 0) is 29.0 Å². The second-order valence-electron chi connectivity index (χ2n) is 10.0. The molecule has 0 saturated carbocycles. The SMILES string of the molecule is CCC(CC)COC(=O)[C@H](C)NP(=O)(OC[C@H]1O[C@@](C#N)(c2cc3c(N)ncnn3c2)[C@H](O)[C@@H]1O)Oc1ccccc1. The highest BCUT2D eigenvalue weighted by Gasteiger charge is 2.57. The number of nitrogens with one attached hydrogen (secondary N) is 1. The third-order valence-corrected chi connectivity index (χ3v) is 8.83. The number of aliphatic hydroxyl groups excluding tert-OH is 2. The third-order valence-electron chi connectivity index (χ3n) is 7.19. The molecule has 0 amide bonds. The molecule has 5 N–H and O–H groups in total. The molecule has 1 saturated heterocycles. The van der Waals surface area contributed by atoms with E-state index in [1.165, 1.54) is 30.0 Å². The quantitative estimate of drug-likeness (QED) is 0.164. The molecule has 1 unspecified atom stereocenters. The molecule has 0 spiro atoms. The van der Waals surface area contributed by atoms with E-state index in [0.717, 1.165) is 12.8 Å². The fourth-order valence-corrected chi connectivity index (χ4v) is 6.03. The number of aliphatic hydroxyl groups is 2. The van der Waals surface area contributed by atoms with E-state index in [0.29, 0.717) is 5.52 Å². The lowest BCUT2D eigenvalue weighted by molar-refractivity contribution is -0.146. The van der Waals surface area contributed by atoms with Gasteiger partial charge in [0.05, 0.1) is 13.2 Å². The topological polar surface area (TPSA) is 204 Å². The summed E-state index contributed by atoms with van der Waals surface area (Å²) in [6, 6.07) is 10.5. The number of aromatic nitrogens is 3. The number of anilines is 1. The number of nitrogens with zero attached hydrogens (tertiary/aromatic N) is 4. The fourth-order valence-electron chi connectivity index (χ4n) is 4.52. The van der Waals surface area contributed by atoms with Gasteiger partial charge in [-0.05, 0) is 31.0 Å². The first kappa shape index (κ1) is 31.4. The molecule has 42 heavy (non-hydrogen) atoms. The molecule has 2 aromatic heterocycles. The van der Waals surface area contributed by atoms with Gasteiger partial charge in [-0.25, -0.2) is 14.1 Å². The molecule has 1 aliphatic rings. The minimum absolute atomic E-state index is 0.134. The molecule has 1 fully saturated rings. The van der Waals surface area contributed by atoms with Gasteiger partial charge in [0.25, 0.3) is 0 Å². The molecule has 3 aromatic rings. The van der Waals surface area contributed by atoms with Crippen LogP contribution in [0.3, 0.4) is 0 Å². The van der Waals surface area contributed by atoms with Gasteiger partial charge in [0.1, 0.15) is 48.0 Å². The van der Waals surface area contributed by atoms with Crippen LogP contribution in [0.25, 0.3) is 5.52 Å². The normalized spacial score (nSPS) is 24.3. The first-order chi connectivity index (χ1) is 20.1. The first-order valence-electron chi connectivity index (χ1n) is 13.5. The van der Waals surface area contributed by atoms with Crippen molar-refractivity contribution in [3.8, 4) is 11.8 Å². The first-order valence-corrected chi connectivity index (χ1v) is 15.1. The van der Waals surface area contributed by atoms with E-state index >= 15 is 0 Å². The van der Waals surface area contributed by atoms with E-state index in [4.69, 9.17) is 24.3 Å². The van der Waals surface area contributed by atoms with E-state index in [-0.39, 0.29) is 29.7 Å². The highest BCUT2D eigenvalue weighted by molar-refractivity contribution is 7.52.